The molecule has 0 aromatic rings. The van der Waals surface area contributed by atoms with E-state index in [-0.39, 0.29) is 169 Å². The molecule has 0 saturated carbocycles. The molecule has 0 aromatic heterocycles. The van der Waals surface area contributed by atoms with Crippen molar-refractivity contribution in [3.8, 4) is 0 Å². The van der Waals surface area contributed by atoms with E-state index in [4.69, 9.17) is 0 Å². The summed E-state index contributed by atoms with van der Waals surface area (Å²) in [5.74, 6) is 0. The van der Waals surface area contributed by atoms with Crippen LogP contribution in [-0.4, -0.2) is 34.7 Å². The van der Waals surface area contributed by atoms with Crippen LogP contribution in [0.4, 0.5) is 0 Å². The Morgan fingerprint density at radius 1 is 0.444 bits per heavy atom. The van der Waals surface area contributed by atoms with E-state index in [0.717, 1.165) is 0 Å². The molecule has 0 aliphatic carbocycles. The molecule has 0 fully saturated rings. The zero-order valence-electron chi connectivity index (χ0n) is 4.53. The number of hydrogen-bond acceptors (Lipinski definition) is 0. The molecule has 0 amide bonds. The van der Waals surface area contributed by atoms with Gasteiger partial charge < -0.3 is 16.4 Å². The monoisotopic (exact) mass is 460 g/mol. The van der Waals surface area contributed by atoms with Gasteiger partial charge in [0, 0.05) is 118 Å². The van der Waals surface area contributed by atoms with Gasteiger partial charge in [-0.3, -0.25) is 0 Å². The molecule has 0 heterocycles. The summed E-state index contributed by atoms with van der Waals surface area (Å²) in [6.07, 6.45) is 0. The van der Waals surface area contributed by atoms with E-state index < -0.39 is 0 Å². The molecule has 9 heavy (non-hydrogen) atoms. The molecular weight excluding hydrogens is 462 g/mol. The van der Waals surface area contributed by atoms with Crippen molar-refractivity contribution in [2.24, 2.45) is 0 Å². The van der Waals surface area contributed by atoms with E-state index >= 15 is 0 Å². The van der Waals surface area contributed by atoms with Crippen LogP contribution in [0.25, 0.3) is 0 Å². The summed E-state index contributed by atoms with van der Waals surface area (Å²) in [6, 6.07) is 0. The van der Waals surface area contributed by atoms with Crippen molar-refractivity contribution in [1.82, 2.24) is 0 Å². The molecule has 0 aromatic carbocycles. The third-order valence-corrected chi connectivity index (χ3v) is 0. The van der Waals surface area contributed by atoms with Gasteiger partial charge in [-0.05, 0) is 0 Å². The Morgan fingerprint density at radius 2 is 0.444 bits per heavy atom. The SMILES string of the molecule is [Al+3].[Al+3].[O-2].[O-2].[O-2].[Y].[Y].[Zr].[Zr]. The van der Waals surface area contributed by atoms with Gasteiger partial charge in [0.2, 0.25) is 0 Å². The van der Waals surface area contributed by atoms with Gasteiger partial charge in [-0.25, -0.2) is 0 Å². The molecule has 0 aliphatic rings. The largest absolute Gasteiger partial charge is 3.00 e. The van der Waals surface area contributed by atoms with Crippen LogP contribution in [0.5, 0.6) is 0 Å². The quantitative estimate of drug-likeness (QED) is 0.409. The summed E-state index contributed by atoms with van der Waals surface area (Å²) in [6.45, 7) is 0. The van der Waals surface area contributed by atoms with Crippen LogP contribution in [-0.2, 0) is 134 Å². The Bertz CT molecular complexity index is 17.8. The average Bonchev–Trinajstić information content (AvgIpc) is 0. The smallest absolute Gasteiger partial charge is 2.00 e. The summed E-state index contributed by atoms with van der Waals surface area (Å²) < 4.78 is 0. The average molecular weight is 462 g/mol. The van der Waals surface area contributed by atoms with Crippen molar-refractivity contribution in [1.29, 1.82) is 0 Å². The van der Waals surface area contributed by atoms with Gasteiger partial charge in [0.15, 0.2) is 0 Å². The van der Waals surface area contributed by atoms with Crippen molar-refractivity contribution < 1.29 is 134 Å². The van der Waals surface area contributed by atoms with Crippen LogP contribution >= 0.6 is 0 Å². The third kappa shape index (κ3) is 63.7. The molecule has 3 nitrogen and oxygen atoms in total. The van der Waals surface area contributed by atoms with Crippen LogP contribution in [0.1, 0.15) is 0 Å². The van der Waals surface area contributed by atoms with Crippen LogP contribution < -0.4 is 0 Å². The summed E-state index contributed by atoms with van der Waals surface area (Å²) in [4.78, 5) is 0. The summed E-state index contributed by atoms with van der Waals surface area (Å²) in [7, 11) is 0. The fourth-order valence-corrected chi connectivity index (χ4v) is 0. The van der Waals surface area contributed by atoms with E-state index in [2.05, 4.69) is 0 Å². The summed E-state index contributed by atoms with van der Waals surface area (Å²) in [5.41, 5.74) is 0. The minimum atomic E-state index is 0. The van der Waals surface area contributed by atoms with Gasteiger partial charge >= 0.3 is 34.7 Å². The molecule has 9 heteroatoms. The molecule has 2 radical (unpaired) electrons. The van der Waals surface area contributed by atoms with Crippen LogP contribution in [0.15, 0.2) is 0 Å². The zero-order chi connectivity index (χ0) is 0. The Balaban J connectivity index is 0. The first-order valence-corrected chi connectivity index (χ1v) is 0. The van der Waals surface area contributed by atoms with E-state index in [1.54, 1.807) is 0 Å². The van der Waals surface area contributed by atoms with E-state index in [9.17, 15) is 0 Å². The molecule has 0 N–H and O–H groups in total. The van der Waals surface area contributed by atoms with Crippen molar-refractivity contribution in [2.45, 2.75) is 0 Å². The van der Waals surface area contributed by atoms with Crippen molar-refractivity contribution in [3.05, 3.63) is 0 Å². The molecule has 0 atom stereocenters. The fourth-order valence-electron chi connectivity index (χ4n) is 0. The second-order valence-corrected chi connectivity index (χ2v) is 0. The maximum atomic E-state index is 0. The van der Waals surface area contributed by atoms with Crippen LogP contribution in [0.3, 0.4) is 0 Å². The van der Waals surface area contributed by atoms with Gasteiger partial charge in [-0.2, -0.15) is 0 Å². The van der Waals surface area contributed by atoms with Gasteiger partial charge in [-0.1, -0.05) is 0 Å². The molecule has 0 spiro atoms. The van der Waals surface area contributed by atoms with E-state index in [1.807, 2.05) is 0 Å². The zero-order valence-corrected chi connectivity index (χ0v) is 17.4. The van der Waals surface area contributed by atoms with E-state index in [1.165, 1.54) is 0 Å². The Labute approximate surface area is 165 Å². The molecule has 0 unspecified atom stereocenters. The second kappa shape index (κ2) is 75.9. The second-order valence-electron chi connectivity index (χ2n) is 0. The first-order valence-electron chi connectivity index (χ1n) is 0. The topological polar surface area (TPSA) is 85.5 Å². The number of hydrogen-bond donors (Lipinski definition) is 0. The Hall–Kier alpha value is 4.92. The van der Waals surface area contributed by atoms with Crippen LogP contribution in [0, 0.1) is 0 Å². The van der Waals surface area contributed by atoms with Gasteiger partial charge in [0.25, 0.3) is 0 Å². The van der Waals surface area contributed by atoms with Crippen molar-refractivity contribution in [2.75, 3.05) is 0 Å². The fraction of sp³-hybridized carbons (Fsp3) is 0. The first kappa shape index (κ1) is 96.0. The Kier molecular flexibility index (Phi) is 809. The first-order chi connectivity index (χ1) is 0. The molecule has 0 rings (SSSR count). The Morgan fingerprint density at radius 3 is 0.444 bits per heavy atom. The third-order valence-electron chi connectivity index (χ3n) is 0. The minimum absolute atomic E-state index is 0. The summed E-state index contributed by atoms with van der Waals surface area (Å²) >= 11 is 0. The van der Waals surface area contributed by atoms with Crippen molar-refractivity contribution in [3.63, 3.8) is 0 Å². The maximum absolute atomic E-state index is 0. The van der Waals surface area contributed by atoms with Gasteiger partial charge in [-0.15, -0.1) is 0 Å². The predicted molar refractivity (Wildman–Crippen MR) is 13.6 cm³/mol. The number of rotatable bonds is 0. The van der Waals surface area contributed by atoms with Crippen LogP contribution in [0.2, 0.25) is 0 Å². The standard InChI is InChI=1S/2Al.3O.2Y.2Zr/q2*+3;3*-2;;;;. The molecule has 0 aliphatic heterocycles. The molecule has 0 bridgehead atoms. The molecule has 0 saturated heterocycles. The van der Waals surface area contributed by atoms with Crippen molar-refractivity contribution >= 4 is 34.7 Å². The molecule has 38 valence electrons. The minimum Gasteiger partial charge on any atom is -2.00 e. The van der Waals surface area contributed by atoms with Gasteiger partial charge in [0.05, 0.1) is 0 Å². The predicted octanol–water partition coefficient (Wildman–Crippen LogP) is -1.13. The van der Waals surface area contributed by atoms with Gasteiger partial charge in [0.1, 0.15) is 0 Å². The summed E-state index contributed by atoms with van der Waals surface area (Å²) in [5, 5.41) is 0. The maximum Gasteiger partial charge on any atom is 3.00 e. The molecular formula is Al2O3Y2Zr2. The normalized spacial score (nSPS) is 0. The van der Waals surface area contributed by atoms with E-state index in [0.29, 0.717) is 0 Å².